The smallest absolute Gasteiger partial charge is 0.0422 e. The molecule has 0 radical (unpaired) electrons. The highest BCUT2D eigenvalue weighted by Crippen LogP contribution is 2.31. The summed E-state index contributed by atoms with van der Waals surface area (Å²) in [5.41, 5.74) is 2.88. The molecule has 17 heavy (non-hydrogen) atoms. The van der Waals surface area contributed by atoms with Crippen LogP contribution in [0.1, 0.15) is 23.7 Å². The topological polar surface area (TPSA) is 15.3 Å². The molecule has 3 rings (SSSR count). The maximum absolute atomic E-state index is 3.47. The molecular formula is C14H20N2S. The molecule has 0 saturated carbocycles. The molecule has 3 heteroatoms. The summed E-state index contributed by atoms with van der Waals surface area (Å²) in [5, 5.41) is 4.12. The Morgan fingerprint density at radius 2 is 1.88 bits per heavy atom. The van der Waals surface area contributed by atoms with Gasteiger partial charge in [-0.25, -0.2) is 0 Å². The van der Waals surface area contributed by atoms with E-state index in [0.29, 0.717) is 5.25 Å². The van der Waals surface area contributed by atoms with Crippen molar-refractivity contribution in [3.05, 3.63) is 29.8 Å². The number of hydrogen-bond acceptors (Lipinski definition) is 3. The summed E-state index contributed by atoms with van der Waals surface area (Å²) in [6, 6.07) is 9.24. The predicted octanol–water partition coefficient (Wildman–Crippen LogP) is 2.66. The van der Waals surface area contributed by atoms with Crippen molar-refractivity contribution >= 4 is 17.4 Å². The van der Waals surface area contributed by atoms with E-state index in [4.69, 9.17) is 0 Å². The van der Waals surface area contributed by atoms with Crippen molar-refractivity contribution in [1.29, 1.82) is 0 Å². The summed E-state index contributed by atoms with van der Waals surface area (Å²) in [7, 11) is 0. The number of nitrogens with zero attached hydrogens (tertiary/aromatic N) is 1. The summed E-state index contributed by atoms with van der Waals surface area (Å²) in [6.07, 6.45) is 2.70. The maximum Gasteiger partial charge on any atom is 0.0422 e. The molecule has 2 aliphatic heterocycles. The van der Waals surface area contributed by atoms with Crippen LogP contribution in [0, 0.1) is 0 Å². The highest BCUT2D eigenvalue weighted by molar-refractivity contribution is 7.99. The van der Waals surface area contributed by atoms with Crippen molar-refractivity contribution in [3.8, 4) is 0 Å². The second-order valence-electron chi connectivity index (χ2n) is 4.85. The quantitative estimate of drug-likeness (QED) is 0.866. The summed E-state index contributed by atoms with van der Waals surface area (Å²) in [5.74, 6) is 1.23. The van der Waals surface area contributed by atoms with Crippen LogP contribution in [0.4, 0.5) is 5.69 Å². The van der Waals surface area contributed by atoms with E-state index in [2.05, 4.69) is 46.2 Å². The zero-order valence-corrected chi connectivity index (χ0v) is 11.0. The summed E-state index contributed by atoms with van der Waals surface area (Å²) < 4.78 is 0. The minimum atomic E-state index is 0.649. The minimum Gasteiger partial charge on any atom is -0.372 e. The lowest BCUT2D eigenvalue weighted by Gasteiger charge is -2.24. The van der Waals surface area contributed by atoms with Crippen LogP contribution in [0.25, 0.3) is 0 Å². The molecule has 2 heterocycles. The van der Waals surface area contributed by atoms with Crippen LogP contribution < -0.4 is 10.2 Å². The van der Waals surface area contributed by atoms with Crippen LogP contribution >= 0.6 is 11.8 Å². The molecule has 2 saturated heterocycles. The van der Waals surface area contributed by atoms with Crippen molar-refractivity contribution < 1.29 is 0 Å². The van der Waals surface area contributed by atoms with Crippen molar-refractivity contribution in [2.45, 2.75) is 18.1 Å². The number of thioether (sulfide) groups is 1. The Balaban J connectivity index is 1.70. The highest BCUT2D eigenvalue weighted by atomic mass is 32.2. The second kappa shape index (κ2) is 5.32. The lowest BCUT2D eigenvalue weighted by Crippen LogP contribution is -2.28. The van der Waals surface area contributed by atoms with Crippen LogP contribution in [-0.2, 0) is 0 Å². The Bertz CT molecular complexity index is 351. The van der Waals surface area contributed by atoms with Gasteiger partial charge in [0.2, 0.25) is 0 Å². The number of anilines is 1. The number of rotatable bonds is 2. The molecule has 1 N–H and O–H groups in total. The molecule has 2 aliphatic rings. The van der Waals surface area contributed by atoms with E-state index in [1.807, 2.05) is 0 Å². The second-order valence-corrected chi connectivity index (χ2v) is 6.16. The normalized spacial score (nSPS) is 25.2. The first-order chi connectivity index (χ1) is 8.43. The first-order valence-corrected chi connectivity index (χ1v) is 7.65. The van der Waals surface area contributed by atoms with Gasteiger partial charge >= 0.3 is 0 Å². The SMILES string of the molecule is c1cc(N2CCCC2)ccc1[C@@H]1CNCCS1. The Hall–Kier alpha value is -0.670. The average molecular weight is 248 g/mol. The Labute approximate surface area is 108 Å². The lowest BCUT2D eigenvalue weighted by molar-refractivity contribution is 0.689. The molecule has 1 atom stereocenters. The van der Waals surface area contributed by atoms with Gasteiger partial charge in [0.25, 0.3) is 0 Å². The van der Waals surface area contributed by atoms with Gasteiger partial charge in [0, 0.05) is 42.9 Å². The van der Waals surface area contributed by atoms with E-state index in [9.17, 15) is 0 Å². The average Bonchev–Trinajstić information content (AvgIpc) is 2.94. The third-order valence-corrected chi connectivity index (χ3v) is 4.94. The van der Waals surface area contributed by atoms with Gasteiger partial charge in [-0.2, -0.15) is 11.8 Å². The Kier molecular flexibility index (Phi) is 3.57. The molecule has 0 bridgehead atoms. The van der Waals surface area contributed by atoms with Gasteiger partial charge in [0.15, 0.2) is 0 Å². The van der Waals surface area contributed by atoms with Gasteiger partial charge in [0.1, 0.15) is 0 Å². The lowest BCUT2D eigenvalue weighted by atomic mass is 10.1. The zero-order chi connectivity index (χ0) is 11.5. The van der Waals surface area contributed by atoms with Crippen LogP contribution in [0.15, 0.2) is 24.3 Å². The molecule has 0 amide bonds. The first kappa shape index (κ1) is 11.4. The van der Waals surface area contributed by atoms with Gasteiger partial charge in [-0.1, -0.05) is 12.1 Å². The molecule has 0 aliphatic carbocycles. The van der Waals surface area contributed by atoms with Gasteiger partial charge in [-0.05, 0) is 30.5 Å². The number of benzene rings is 1. The molecule has 2 fully saturated rings. The van der Waals surface area contributed by atoms with Crippen LogP contribution in [-0.4, -0.2) is 31.9 Å². The molecule has 1 aromatic rings. The minimum absolute atomic E-state index is 0.649. The van der Waals surface area contributed by atoms with Gasteiger partial charge in [-0.15, -0.1) is 0 Å². The van der Waals surface area contributed by atoms with Crippen molar-refractivity contribution in [1.82, 2.24) is 5.32 Å². The van der Waals surface area contributed by atoms with Crippen LogP contribution in [0.2, 0.25) is 0 Å². The summed E-state index contributed by atoms with van der Waals surface area (Å²) in [4.78, 5) is 2.50. The maximum atomic E-state index is 3.47. The molecule has 0 spiro atoms. The highest BCUT2D eigenvalue weighted by Gasteiger charge is 2.16. The summed E-state index contributed by atoms with van der Waals surface area (Å²) >= 11 is 2.08. The molecule has 92 valence electrons. The van der Waals surface area contributed by atoms with Crippen molar-refractivity contribution in [2.75, 3.05) is 36.8 Å². The molecule has 1 aromatic carbocycles. The monoisotopic (exact) mass is 248 g/mol. The fourth-order valence-corrected chi connectivity index (χ4v) is 3.79. The molecule has 0 aromatic heterocycles. The standard InChI is InChI=1S/C14H20N2S/c1-2-9-16(8-1)13-5-3-12(4-6-13)14-11-15-7-10-17-14/h3-6,14-15H,1-2,7-11H2/t14-/m0/s1. The third kappa shape index (κ3) is 2.61. The van der Waals surface area contributed by atoms with E-state index >= 15 is 0 Å². The van der Waals surface area contributed by atoms with E-state index in [1.54, 1.807) is 0 Å². The Morgan fingerprint density at radius 1 is 1.12 bits per heavy atom. The van der Waals surface area contributed by atoms with Crippen molar-refractivity contribution in [2.24, 2.45) is 0 Å². The first-order valence-electron chi connectivity index (χ1n) is 6.61. The van der Waals surface area contributed by atoms with Crippen molar-refractivity contribution in [3.63, 3.8) is 0 Å². The van der Waals surface area contributed by atoms with Gasteiger partial charge in [0.05, 0.1) is 0 Å². The predicted molar refractivity (Wildman–Crippen MR) is 76.0 cm³/mol. The zero-order valence-electron chi connectivity index (χ0n) is 10.2. The van der Waals surface area contributed by atoms with Gasteiger partial charge < -0.3 is 10.2 Å². The molecule has 0 unspecified atom stereocenters. The number of hydrogen-bond donors (Lipinski definition) is 1. The van der Waals surface area contributed by atoms with Crippen LogP contribution in [0.5, 0.6) is 0 Å². The Morgan fingerprint density at radius 3 is 2.53 bits per heavy atom. The van der Waals surface area contributed by atoms with Gasteiger partial charge in [-0.3, -0.25) is 0 Å². The number of nitrogens with one attached hydrogen (secondary N) is 1. The van der Waals surface area contributed by atoms with E-state index < -0.39 is 0 Å². The van der Waals surface area contributed by atoms with E-state index in [0.717, 1.165) is 13.1 Å². The third-order valence-electron chi connectivity index (χ3n) is 3.66. The summed E-state index contributed by atoms with van der Waals surface area (Å²) in [6.45, 7) is 4.75. The van der Waals surface area contributed by atoms with Crippen LogP contribution in [0.3, 0.4) is 0 Å². The fraction of sp³-hybridized carbons (Fsp3) is 0.571. The van der Waals surface area contributed by atoms with E-state index in [-0.39, 0.29) is 0 Å². The molecule has 2 nitrogen and oxygen atoms in total. The fourth-order valence-electron chi connectivity index (χ4n) is 2.65. The largest absolute Gasteiger partial charge is 0.372 e. The molecular weight excluding hydrogens is 228 g/mol. The van der Waals surface area contributed by atoms with E-state index in [1.165, 1.54) is 42.9 Å².